The highest BCUT2D eigenvalue weighted by Crippen LogP contribution is 2.58. The van der Waals surface area contributed by atoms with Crippen LogP contribution in [0, 0.1) is 17.2 Å². The summed E-state index contributed by atoms with van der Waals surface area (Å²) in [5, 5.41) is 5.77. The Bertz CT molecular complexity index is 1030. The Morgan fingerprint density at radius 2 is 1.79 bits per heavy atom. The SMILES string of the molecule is O=C(COc1ccc(Cl)c(F)c1)NC1CC2(C(=O)NCc3ccc(OC(F)F)cc3)CC1C2. The number of nitrogens with one attached hydrogen (secondary N) is 2. The van der Waals surface area contributed by atoms with Gasteiger partial charge in [-0.05, 0) is 55.0 Å². The van der Waals surface area contributed by atoms with E-state index in [4.69, 9.17) is 16.3 Å². The molecule has 1 unspecified atom stereocenters. The van der Waals surface area contributed by atoms with Gasteiger partial charge in [0, 0.05) is 18.7 Å². The largest absolute Gasteiger partial charge is 0.484 e. The lowest BCUT2D eigenvalue weighted by Crippen LogP contribution is -2.44. The van der Waals surface area contributed by atoms with Crippen LogP contribution in [0.4, 0.5) is 13.2 Å². The van der Waals surface area contributed by atoms with Crippen LogP contribution in [-0.4, -0.2) is 31.1 Å². The summed E-state index contributed by atoms with van der Waals surface area (Å²) in [7, 11) is 0. The van der Waals surface area contributed by atoms with E-state index in [1.165, 1.54) is 24.3 Å². The summed E-state index contributed by atoms with van der Waals surface area (Å²) >= 11 is 5.62. The van der Waals surface area contributed by atoms with Crippen LogP contribution in [0.2, 0.25) is 5.02 Å². The molecule has 2 amide bonds. The minimum absolute atomic E-state index is 0.0288. The van der Waals surface area contributed by atoms with Gasteiger partial charge < -0.3 is 20.1 Å². The third-order valence-electron chi connectivity index (χ3n) is 6.18. The maximum atomic E-state index is 13.5. The van der Waals surface area contributed by atoms with Crippen LogP contribution in [0.3, 0.4) is 0 Å². The van der Waals surface area contributed by atoms with Gasteiger partial charge in [-0.1, -0.05) is 23.7 Å². The van der Waals surface area contributed by atoms with Gasteiger partial charge in [-0.15, -0.1) is 0 Å². The predicted octanol–water partition coefficient (Wildman–Crippen LogP) is 4.06. The zero-order chi connectivity index (χ0) is 23.6. The van der Waals surface area contributed by atoms with Gasteiger partial charge in [0.05, 0.1) is 10.4 Å². The van der Waals surface area contributed by atoms with Crippen molar-refractivity contribution in [1.29, 1.82) is 0 Å². The number of rotatable bonds is 9. The smallest absolute Gasteiger partial charge is 0.387 e. The number of carbonyl (C=O) groups is 2. The molecule has 176 valence electrons. The summed E-state index contributed by atoms with van der Waals surface area (Å²) in [6.07, 6.45) is 1.91. The van der Waals surface area contributed by atoms with Crippen molar-refractivity contribution in [2.45, 2.75) is 38.5 Å². The van der Waals surface area contributed by atoms with Crippen molar-refractivity contribution in [1.82, 2.24) is 10.6 Å². The van der Waals surface area contributed by atoms with E-state index in [1.807, 2.05) is 0 Å². The number of fused-ring (bicyclic) bond motifs is 1. The Morgan fingerprint density at radius 3 is 2.45 bits per heavy atom. The fourth-order valence-corrected chi connectivity index (χ4v) is 4.67. The van der Waals surface area contributed by atoms with Crippen molar-refractivity contribution in [3.8, 4) is 11.5 Å². The van der Waals surface area contributed by atoms with Crippen molar-refractivity contribution in [3.63, 3.8) is 0 Å². The molecule has 1 atom stereocenters. The van der Waals surface area contributed by atoms with Gasteiger partial charge in [-0.25, -0.2) is 4.39 Å². The van der Waals surface area contributed by atoms with Crippen LogP contribution in [0.1, 0.15) is 24.8 Å². The summed E-state index contributed by atoms with van der Waals surface area (Å²) in [6.45, 7) is -2.89. The van der Waals surface area contributed by atoms with Gasteiger partial charge in [-0.2, -0.15) is 8.78 Å². The van der Waals surface area contributed by atoms with Crippen LogP contribution in [0.15, 0.2) is 42.5 Å². The van der Waals surface area contributed by atoms with E-state index >= 15 is 0 Å². The van der Waals surface area contributed by atoms with Crippen LogP contribution < -0.4 is 20.1 Å². The predicted molar refractivity (Wildman–Crippen MR) is 114 cm³/mol. The van der Waals surface area contributed by atoms with Crippen LogP contribution in [-0.2, 0) is 16.1 Å². The molecule has 2 bridgehead atoms. The molecule has 2 N–H and O–H groups in total. The molecule has 3 aliphatic rings. The molecule has 3 fully saturated rings. The molecule has 3 saturated carbocycles. The van der Waals surface area contributed by atoms with E-state index in [2.05, 4.69) is 15.4 Å². The number of halogens is 4. The van der Waals surface area contributed by atoms with Gasteiger partial charge in [0.15, 0.2) is 6.61 Å². The van der Waals surface area contributed by atoms with Gasteiger partial charge in [0.1, 0.15) is 17.3 Å². The molecular weight excluding hydrogens is 461 g/mol. The molecule has 2 aromatic rings. The number of ether oxygens (including phenoxy) is 2. The maximum Gasteiger partial charge on any atom is 0.387 e. The van der Waals surface area contributed by atoms with Gasteiger partial charge >= 0.3 is 6.61 Å². The highest BCUT2D eigenvalue weighted by Gasteiger charge is 2.60. The minimum Gasteiger partial charge on any atom is -0.484 e. The van der Waals surface area contributed by atoms with Gasteiger partial charge in [0.2, 0.25) is 5.91 Å². The van der Waals surface area contributed by atoms with Crippen molar-refractivity contribution in [2.24, 2.45) is 11.3 Å². The quantitative estimate of drug-likeness (QED) is 0.565. The van der Waals surface area contributed by atoms with Gasteiger partial charge in [0.25, 0.3) is 5.91 Å². The molecule has 0 aliphatic heterocycles. The second kappa shape index (κ2) is 9.51. The maximum absolute atomic E-state index is 13.5. The first-order chi connectivity index (χ1) is 15.7. The van der Waals surface area contributed by atoms with E-state index in [1.54, 1.807) is 12.1 Å². The van der Waals surface area contributed by atoms with Crippen molar-refractivity contribution >= 4 is 23.4 Å². The van der Waals surface area contributed by atoms with E-state index < -0.39 is 17.8 Å². The third kappa shape index (κ3) is 5.35. The summed E-state index contributed by atoms with van der Waals surface area (Å²) in [5.41, 5.74) is 0.248. The second-order valence-electron chi connectivity index (χ2n) is 8.40. The van der Waals surface area contributed by atoms with Crippen molar-refractivity contribution in [3.05, 3.63) is 58.9 Å². The first-order valence-electron chi connectivity index (χ1n) is 10.4. The molecule has 0 radical (unpaired) electrons. The van der Waals surface area contributed by atoms with Crippen LogP contribution in [0.5, 0.6) is 11.5 Å². The highest BCUT2D eigenvalue weighted by atomic mass is 35.5. The number of hydrogen-bond acceptors (Lipinski definition) is 4. The number of alkyl halides is 2. The lowest BCUT2D eigenvalue weighted by Gasteiger charge is -2.36. The van der Waals surface area contributed by atoms with E-state index in [0.717, 1.165) is 11.6 Å². The summed E-state index contributed by atoms with van der Waals surface area (Å²) in [6, 6.07) is 9.89. The lowest BCUT2D eigenvalue weighted by molar-refractivity contribution is -0.135. The zero-order valence-corrected chi connectivity index (χ0v) is 18.2. The van der Waals surface area contributed by atoms with Crippen molar-refractivity contribution in [2.75, 3.05) is 6.61 Å². The summed E-state index contributed by atoms with van der Waals surface area (Å²) < 4.78 is 47.5. The summed E-state index contributed by atoms with van der Waals surface area (Å²) in [4.78, 5) is 25.0. The van der Waals surface area contributed by atoms with Crippen molar-refractivity contribution < 1.29 is 32.2 Å². The minimum atomic E-state index is -2.89. The number of benzene rings is 2. The molecule has 0 spiro atoms. The molecule has 0 aromatic heterocycles. The number of amides is 2. The van der Waals surface area contributed by atoms with E-state index in [0.29, 0.717) is 19.3 Å². The number of hydrogen-bond donors (Lipinski definition) is 2. The highest BCUT2D eigenvalue weighted by molar-refractivity contribution is 6.30. The fraction of sp³-hybridized carbons (Fsp3) is 0.391. The Kier molecular flexibility index (Phi) is 6.69. The Morgan fingerprint density at radius 1 is 1.09 bits per heavy atom. The zero-order valence-electron chi connectivity index (χ0n) is 17.5. The molecule has 33 heavy (non-hydrogen) atoms. The van der Waals surface area contributed by atoms with Gasteiger partial charge in [-0.3, -0.25) is 9.59 Å². The third-order valence-corrected chi connectivity index (χ3v) is 6.48. The Balaban J connectivity index is 1.22. The summed E-state index contributed by atoms with van der Waals surface area (Å²) in [5.74, 6) is -0.580. The van der Waals surface area contributed by atoms with Crippen LogP contribution >= 0.6 is 11.6 Å². The molecule has 0 heterocycles. The van der Waals surface area contributed by atoms with E-state index in [-0.39, 0.29) is 53.4 Å². The van der Waals surface area contributed by atoms with E-state index in [9.17, 15) is 22.8 Å². The Labute approximate surface area is 193 Å². The average Bonchev–Trinajstić information content (AvgIpc) is 3.29. The fourth-order valence-electron chi connectivity index (χ4n) is 4.55. The van der Waals surface area contributed by atoms with Crippen LogP contribution in [0.25, 0.3) is 0 Å². The molecule has 2 aromatic carbocycles. The topological polar surface area (TPSA) is 76.7 Å². The molecule has 0 saturated heterocycles. The first kappa shape index (κ1) is 23.2. The molecule has 6 nitrogen and oxygen atoms in total. The second-order valence-corrected chi connectivity index (χ2v) is 8.80. The monoisotopic (exact) mass is 482 g/mol. The Hall–Kier alpha value is -2.94. The number of carbonyl (C=O) groups excluding carboxylic acids is 2. The lowest BCUT2D eigenvalue weighted by atomic mass is 9.69. The average molecular weight is 483 g/mol. The molecule has 10 heteroatoms. The molecule has 5 rings (SSSR count). The normalized spacial score (nSPS) is 23.1. The standard InChI is InChI=1S/C23H22ClF3N2O4/c24-17-6-5-16(7-18(17)25)32-12-20(30)29-19-10-23(8-14(19)9-23)21(31)28-11-13-1-3-15(4-2-13)33-22(26)27/h1-7,14,19,22H,8-12H2,(H,28,31)(H,29,30). The molecule has 3 aliphatic carbocycles. The first-order valence-corrected chi connectivity index (χ1v) is 10.8. The molecular formula is C23H22ClF3N2O4.